The Labute approximate surface area is 116 Å². The summed E-state index contributed by atoms with van der Waals surface area (Å²) in [6.07, 6.45) is -1.32. The van der Waals surface area contributed by atoms with Gasteiger partial charge in [0.2, 0.25) is 0 Å². The van der Waals surface area contributed by atoms with E-state index in [1.54, 1.807) is 36.4 Å². The lowest BCUT2D eigenvalue weighted by Gasteiger charge is -2.40. The Bertz CT molecular complexity index is 641. The van der Waals surface area contributed by atoms with Crippen LogP contribution >= 0.6 is 0 Å². The van der Waals surface area contributed by atoms with Crippen molar-refractivity contribution in [3.8, 4) is 5.75 Å². The average molecular weight is 269 g/mol. The second kappa shape index (κ2) is 4.74. The smallest absolute Gasteiger partial charge is 0.199 e. The molecule has 0 saturated carbocycles. The Morgan fingerprint density at radius 1 is 1.10 bits per heavy atom. The maximum Gasteiger partial charge on any atom is 0.199 e. The first kappa shape index (κ1) is 12.8. The molecule has 4 nitrogen and oxygen atoms in total. The summed E-state index contributed by atoms with van der Waals surface area (Å²) >= 11 is 0. The number of ketones is 1. The zero-order valence-electron chi connectivity index (χ0n) is 10.8. The number of aliphatic hydroxyl groups is 1. The minimum Gasteiger partial charge on any atom is -0.477 e. The maximum atomic E-state index is 12.4. The Hall–Kier alpha value is -2.17. The van der Waals surface area contributed by atoms with Gasteiger partial charge in [-0.25, -0.2) is 0 Å². The molecule has 1 aliphatic rings. The minimum absolute atomic E-state index is 0.0122. The summed E-state index contributed by atoms with van der Waals surface area (Å²) in [5, 5.41) is 10.4. The van der Waals surface area contributed by atoms with Crippen molar-refractivity contribution in [1.82, 2.24) is 0 Å². The van der Waals surface area contributed by atoms with Crippen molar-refractivity contribution in [3.05, 3.63) is 65.7 Å². The lowest BCUT2D eigenvalue weighted by atomic mass is 9.81. The Kier molecular flexibility index (Phi) is 3.04. The number of benzene rings is 2. The number of carbonyl (C=O) groups excluding carboxylic acids is 1. The third kappa shape index (κ3) is 1.73. The largest absolute Gasteiger partial charge is 0.477 e. The molecule has 3 rings (SSSR count). The molecule has 0 amide bonds. The minimum atomic E-state index is -1.32. The van der Waals surface area contributed by atoms with Crippen molar-refractivity contribution in [2.45, 2.75) is 11.7 Å². The van der Waals surface area contributed by atoms with Crippen LogP contribution in [0.5, 0.6) is 5.75 Å². The van der Waals surface area contributed by atoms with E-state index in [1.165, 1.54) is 0 Å². The fourth-order valence-corrected chi connectivity index (χ4v) is 2.58. The van der Waals surface area contributed by atoms with Gasteiger partial charge in [0.1, 0.15) is 5.75 Å². The number of nitrogens with two attached hydrogens (primary N) is 1. The molecule has 102 valence electrons. The highest BCUT2D eigenvalue weighted by molar-refractivity contribution is 6.03. The highest BCUT2D eigenvalue weighted by atomic mass is 16.5. The number of fused-ring (bicyclic) bond motifs is 1. The molecule has 1 aliphatic heterocycles. The van der Waals surface area contributed by atoms with E-state index in [2.05, 4.69) is 0 Å². The summed E-state index contributed by atoms with van der Waals surface area (Å²) in [7, 11) is 0. The predicted molar refractivity (Wildman–Crippen MR) is 74.6 cm³/mol. The molecule has 1 heterocycles. The first-order valence-electron chi connectivity index (χ1n) is 6.45. The van der Waals surface area contributed by atoms with Crippen LogP contribution in [-0.4, -0.2) is 23.5 Å². The summed E-state index contributed by atoms with van der Waals surface area (Å²) in [6, 6.07) is 16.0. The summed E-state index contributed by atoms with van der Waals surface area (Å²) in [6.45, 7) is 0.0122. The molecule has 0 aromatic heterocycles. The Morgan fingerprint density at radius 3 is 2.45 bits per heavy atom. The van der Waals surface area contributed by atoms with Crippen LogP contribution in [0.15, 0.2) is 54.6 Å². The lowest BCUT2D eigenvalue weighted by Crippen LogP contribution is -2.56. The van der Waals surface area contributed by atoms with Gasteiger partial charge in [0.25, 0.3) is 0 Å². The van der Waals surface area contributed by atoms with Crippen LogP contribution in [-0.2, 0) is 5.60 Å². The quantitative estimate of drug-likeness (QED) is 0.866. The van der Waals surface area contributed by atoms with E-state index in [0.717, 1.165) is 0 Å². The van der Waals surface area contributed by atoms with Crippen molar-refractivity contribution < 1.29 is 14.6 Å². The van der Waals surface area contributed by atoms with Gasteiger partial charge in [-0.15, -0.1) is 0 Å². The van der Waals surface area contributed by atoms with Gasteiger partial charge in [0, 0.05) is 6.54 Å². The Balaban J connectivity index is 2.17. The second-order valence-corrected chi connectivity index (χ2v) is 4.82. The number of ether oxygens (including phenoxy) is 1. The van der Waals surface area contributed by atoms with Crippen molar-refractivity contribution in [3.63, 3.8) is 0 Å². The molecular weight excluding hydrogens is 254 g/mol. The van der Waals surface area contributed by atoms with E-state index in [0.29, 0.717) is 16.9 Å². The van der Waals surface area contributed by atoms with E-state index in [1.807, 2.05) is 18.2 Å². The predicted octanol–water partition coefficient (Wildman–Crippen LogP) is 1.48. The maximum absolute atomic E-state index is 12.4. The fourth-order valence-electron chi connectivity index (χ4n) is 2.58. The first-order chi connectivity index (χ1) is 9.69. The van der Waals surface area contributed by atoms with Crippen molar-refractivity contribution >= 4 is 5.78 Å². The third-order valence-electron chi connectivity index (χ3n) is 3.70. The van der Waals surface area contributed by atoms with Crippen LogP contribution in [0.4, 0.5) is 0 Å². The van der Waals surface area contributed by atoms with Crippen molar-refractivity contribution in [1.29, 1.82) is 0 Å². The van der Waals surface area contributed by atoms with Crippen molar-refractivity contribution in [2.24, 2.45) is 5.73 Å². The highest BCUT2D eigenvalue weighted by Gasteiger charge is 2.49. The average Bonchev–Trinajstić information content (AvgIpc) is 2.52. The van der Waals surface area contributed by atoms with E-state index in [4.69, 9.17) is 10.5 Å². The number of carbonyl (C=O) groups is 1. The van der Waals surface area contributed by atoms with Crippen LogP contribution < -0.4 is 10.5 Å². The molecule has 3 N–H and O–H groups in total. The van der Waals surface area contributed by atoms with Gasteiger partial charge in [-0.05, 0) is 17.7 Å². The molecular formula is C16H15NO3. The van der Waals surface area contributed by atoms with Gasteiger partial charge >= 0.3 is 0 Å². The topological polar surface area (TPSA) is 72.5 Å². The lowest BCUT2D eigenvalue weighted by molar-refractivity contribution is -0.0466. The zero-order chi connectivity index (χ0) is 14.2. The molecule has 0 saturated heterocycles. The van der Waals surface area contributed by atoms with Gasteiger partial charge in [-0.2, -0.15) is 0 Å². The number of hydrogen-bond donors (Lipinski definition) is 2. The number of para-hydroxylation sites is 1. The molecule has 0 bridgehead atoms. The molecule has 0 spiro atoms. The van der Waals surface area contributed by atoms with Crippen LogP contribution in [0.3, 0.4) is 0 Å². The van der Waals surface area contributed by atoms with Gasteiger partial charge in [0.15, 0.2) is 17.5 Å². The number of aliphatic hydroxyl groups excluding tert-OH is 1. The summed E-state index contributed by atoms with van der Waals surface area (Å²) in [5.41, 5.74) is 5.69. The zero-order valence-corrected chi connectivity index (χ0v) is 10.8. The molecule has 2 unspecified atom stereocenters. The molecule has 2 aromatic rings. The molecule has 0 fully saturated rings. The van der Waals surface area contributed by atoms with Crippen LogP contribution in [0.1, 0.15) is 15.9 Å². The summed E-state index contributed by atoms with van der Waals surface area (Å²) < 4.78 is 5.94. The van der Waals surface area contributed by atoms with Crippen LogP contribution in [0.25, 0.3) is 0 Å². The molecule has 2 atom stereocenters. The van der Waals surface area contributed by atoms with Crippen LogP contribution in [0.2, 0.25) is 0 Å². The molecule has 4 heteroatoms. The Morgan fingerprint density at radius 2 is 1.75 bits per heavy atom. The molecule has 20 heavy (non-hydrogen) atoms. The fraction of sp³-hybridized carbons (Fsp3) is 0.188. The summed E-state index contributed by atoms with van der Waals surface area (Å²) in [4.78, 5) is 12.4. The SMILES string of the molecule is NCC1(c2ccccc2)Oc2ccccc2C(=O)C1O. The van der Waals surface area contributed by atoms with Gasteiger partial charge in [0.05, 0.1) is 5.56 Å². The van der Waals surface area contributed by atoms with E-state index >= 15 is 0 Å². The normalized spacial score (nSPS) is 24.9. The van der Waals surface area contributed by atoms with Gasteiger partial charge < -0.3 is 15.6 Å². The summed E-state index contributed by atoms with van der Waals surface area (Å²) in [5.74, 6) is 0.0956. The van der Waals surface area contributed by atoms with E-state index in [9.17, 15) is 9.90 Å². The highest BCUT2D eigenvalue weighted by Crippen LogP contribution is 2.39. The van der Waals surface area contributed by atoms with Gasteiger partial charge in [-0.1, -0.05) is 42.5 Å². The van der Waals surface area contributed by atoms with Crippen molar-refractivity contribution in [2.75, 3.05) is 6.54 Å². The first-order valence-corrected chi connectivity index (χ1v) is 6.45. The monoisotopic (exact) mass is 269 g/mol. The molecule has 0 aliphatic carbocycles. The van der Waals surface area contributed by atoms with Gasteiger partial charge in [-0.3, -0.25) is 4.79 Å². The standard InChI is InChI=1S/C16H15NO3/c17-10-16(11-6-2-1-3-7-11)15(19)14(18)12-8-4-5-9-13(12)20-16/h1-9,15,19H,10,17H2. The second-order valence-electron chi connectivity index (χ2n) is 4.82. The number of rotatable bonds is 2. The third-order valence-corrected chi connectivity index (χ3v) is 3.70. The molecule has 0 radical (unpaired) electrons. The number of Topliss-reactive ketones (excluding diaryl/α,β-unsaturated/α-hetero) is 1. The van der Waals surface area contributed by atoms with E-state index in [-0.39, 0.29) is 12.3 Å². The number of hydrogen-bond acceptors (Lipinski definition) is 4. The van der Waals surface area contributed by atoms with E-state index < -0.39 is 11.7 Å². The molecule has 2 aromatic carbocycles. The van der Waals surface area contributed by atoms with Crippen LogP contribution in [0, 0.1) is 0 Å².